The summed E-state index contributed by atoms with van der Waals surface area (Å²) in [5.74, 6) is -0.579. The summed E-state index contributed by atoms with van der Waals surface area (Å²) in [5.41, 5.74) is 1.54. The van der Waals surface area contributed by atoms with Crippen LogP contribution in [-0.4, -0.2) is 28.1 Å². The fourth-order valence-electron chi connectivity index (χ4n) is 1.98. The Kier molecular flexibility index (Phi) is 2.88. The van der Waals surface area contributed by atoms with Gasteiger partial charge in [-0.25, -0.2) is 0 Å². The van der Waals surface area contributed by atoms with Crippen LogP contribution in [0, 0.1) is 0 Å². The summed E-state index contributed by atoms with van der Waals surface area (Å²) < 4.78 is 0.441. The molecule has 0 saturated carbocycles. The van der Waals surface area contributed by atoms with Crippen molar-refractivity contribution in [3.8, 4) is 0 Å². The number of hydrogen-bond donors (Lipinski definition) is 1. The first-order valence-electron chi connectivity index (χ1n) is 5.35. The van der Waals surface area contributed by atoms with Crippen LogP contribution in [0.1, 0.15) is 5.56 Å². The number of para-hydroxylation sites is 1. The molecule has 4 nitrogen and oxygen atoms in total. The molecule has 2 amide bonds. The molecular weight excluding hydrogens is 304 g/mol. The summed E-state index contributed by atoms with van der Waals surface area (Å²) in [6.07, 6.45) is 0. The van der Waals surface area contributed by atoms with Crippen LogP contribution in [0.2, 0.25) is 5.02 Å². The van der Waals surface area contributed by atoms with E-state index in [2.05, 4.69) is 5.32 Å². The van der Waals surface area contributed by atoms with Gasteiger partial charge in [-0.05, 0) is 6.07 Å². The van der Waals surface area contributed by atoms with E-state index in [9.17, 15) is 9.59 Å². The number of fused-ring (bicyclic) bond motifs is 1. The van der Waals surface area contributed by atoms with Crippen molar-refractivity contribution in [3.05, 3.63) is 33.7 Å². The van der Waals surface area contributed by atoms with Gasteiger partial charge in [0.25, 0.3) is 11.8 Å². The third-order valence-corrected chi connectivity index (χ3v) is 4.81. The van der Waals surface area contributed by atoms with Crippen LogP contribution in [0.15, 0.2) is 23.1 Å². The van der Waals surface area contributed by atoms with Crippen molar-refractivity contribution in [3.63, 3.8) is 0 Å². The molecule has 2 heterocycles. The first-order chi connectivity index (χ1) is 9.00. The predicted octanol–water partition coefficient (Wildman–Crippen LogP) is 2.49. The lowest BCUT2D eigenvalue weighted by Crippen LogP contribution is -2.23. The third kappa shape index (κ3) is 1.79. The maximum Gasteiger partial charge on any atom is 0.266 e. The average Bonchev–Trinajstić information content (AvgIpc) is 2.83. The molecule has 0 unspecified atom stereocenters. The molecule has 3 rings (SSSR count). The van der Waals surface area contributed by atoms with Crippen LogP contribution in [0.4, 0.5) is 5.69 Å². The van der Waals surface area contributed by atoms with Crippen molar-refractivity contribution in [1.29, 1.82) is 0 Å². The Balaban J connectivity index is 2.23. The molecule has 2 aliphatic rings. The van der Waals surface area contributed by atoms with Gasteiger partial charge in [0, 0.05) is 12.6 Å². The van der Waals surface area contributed by atoms with Crippen LogP contribution in [0.5, 0.6) is 0 Å². The Hall–Kier alpha value is -1.37. The zero-order valence-electron chi connectivity index (χ0n) is 9.69. The lowest BCUT2D eigenvalue weighted by molar-refractivity contribution is -0.121. The molecule has 0 aliphatic carbocycles. The number of hydrogen-bond acceptors (Lipinski definition) is 4. The van der Waals surface area contributed by atoms with Gasteiger partial charge in [-0.15, -0.1) is 0 Å². The monoisotopic (exact) mass is 310 g/mol. The van der Waals surface area contributed by atoms with E-state index in [1.165, 1.54) is 4.90 Å². The first-order valence-corrected chi connectivity index (χ1v) is 6.95. The topological polar surface area (TPSA) is 49.4 Å². The maximum absolute atomic E-state index is 12.1. The average molecular weight is 311 g/mol. The molecule has 1 aromatic carbocycles. The van der Waals surface area contributed by atoms with Crippen molar-refractivity contribution in [1.82, 2.24) is 4.90 Å². The largest absolute Gasteiger partial charge is 0.320 e. The van der Waals surface area contributed by atoms with E-state index in [0.29, 0.717) is 31.1 Å². The number of halogens is 1. The molecule has 1 N–H and O–H groups in total. The summed E-state index contributed by atoms with van der Waals surface area (Å²) >= 11 is 12.2. The van der Waals surface area contributed by atoms with Crippen LogP contribution in [0.3, 0.4) is 0 Å². The number of nitrogens with one attached hydrogen (secondary N) is 1. The van der Waals surface area contributed by atoms with E-state index in [4.69, 9.17) is 23.8 Å². The number of carbonyl (C=O) groups excluding carboxylic acids is 2. The number of thioether (sulfide) groups is 1. The van der Waals surface area contributed by atoms with Gasteiger partial charge in [-0.1, -0.05) is 47.7 Å². The number of thiocarbonyl (C=S) groups is 1. The fourth-order valence-corrected chi connectivity index (χ4v) is 3.45. The summed E-state index contributed by atoms with van der Waals surface area (Å²) in [6, 6.07) is 5.19. The lowest BCUT2D eigenvalue weighted by Gasteiger charge is -2.04. The number of carbonyl (C=O) groups is 2. The Labute approximate surface area is 123 Å². The normalized spacial score (nSPS) is 22.0. The van der Waals surface area contributed by atoms with Gasteiger partial charge in [-0.2, -0.15) is 0 Å². The van der Waals surface area contributed by atoms with E-state index >= 15 is 0 Å². The van der Waals surface area contributed by atoms with E-state index < -0.39 is 0 Å². The minimum atomic E-state index is -0.322. The highest BCUT2D eigenvalue weighted by molar-refractivity contribution is 8.26. The van der Waals surface area contributed by atoms with E-state index in [0.717, 1.165) is 11.8 Å². The van der Waals surface area contributed by atoms with Crippen LogP contribution in [0.25, 0.3) is 5.57 Å². The summed E-state index contributed by atoms with van der Waals surface area (Å²) in [7, 11) is 1.59. The van der Waals surface area contributed by atoms with Gasteiger partial charge in [0.15, 0.2) is 0 Å². The maximum atomic E-state index is 12.1. The number of rotatable bonds is 0. The first kappa shape index (κ1) is 12.7. The summed E-state index contributed by atoms with van der Waals surface area (Å²) in [6.45, 7) is 0. The SMILES string of the molecule is CN1C(=O)/C(=C2/C(=O)Nc3c(Cl)cccc32)SC1=S. The number of benzene rings is 1. The highest BCUT2D eigenvalue weighted by atomic mass is 35.5. The molecule has 1 fully saturated rings. The summed E-state index contributed by atoms with van der Waals surface area (Å²) in [4.78, 5) is 25.9. The molecule has 0 aromatic heterocycles. The zero-order valence-corrected chi connectivity index (χ0v) is 12.1. The van der Waals surface area contributed by atoms with E-state index in [1.807, 2.05) is 0 Å². The smallest absolute Gasteiger partial charge is 0.266 e. The molecule has 0 bridgehead atoms. The Morgan fingerprint density at radius 3 is 2.74 bits per heavy atom. The van der Waals surface area contributed by atoms with E-state index in [1.54, 1.807) is 25.2 Å². The fraction of sp³-hybridized carbons (Fsp3) is 0.0833. The van der Waals surface area contributed by atoms with Crippen molar-refractivity contribution < 1.29 is 9.59 Å². The molecule has 7 heteroatoms. The van der Waals surface area contributed by atoms with Crippen LogP contribution in [-0.2, 0) is 9.59 Å². The van der Waals surface area contributed by atoms with Crippen molar-refractivity contribution in [2.45, 2.75) is 0 Å². The standard InChI is InChI=1S/C12H7ClN2O2S2/c1-15-11(17)9(19-12(15)18)7-5-3-2-4-6(13)8(5)14-10(7)16/h2-4H,1H3,(H,14,16)/b9-7-. The number of amides is 2. The summed E-state index contributed by atoms with van der Waals surface area (Å²) in [5, 5.41) is 3.14. The van der Waals surface area contributed by atoms with Crippen LogP contribution >= 0.6 is 35.6 Å². The minimum Gasteiger partial charge on any atom is -0.320 e. The highest BCUT2D eigenvalue weighted by Gasteiger charge is 2.38. The van der Waals surface area contributed by atoms with Gasteiger partial charge < -0.3 is 5.32 Å². The second kappa shape index (κ2) is 4.33. The van der Waals surface area contributed by atoms with Gasteiger partial charge in [-0.3, -0.25) is 14.5 Å². The molecule has 2 aliphatic heterocycles. The van der Waals surface area contributed by atoms with Crippen molar-refractivity contribution in [2.75, 3.05) is 12.4 Å². The molecule has 19 heavy (non-hydrogen) atoms. The second-order valence-electron chi connectivity index (χ2n) is 4.05. The van der Waals surface area contributed by atoms with Crippen molar-refractivity contribution in [2.24, 2.45) is 0 Å². The lowest BCUT2D eigenvalue weighted by atomic mass is 10.1. The molecule has 0 spiro atoms. The van der Waals surface area contributed by atoms with Gasteiger partial charge in [0.05, 0.1) is 21.2 Å². The molecular formula is C12H7ClN2O2S2. The minimum absolute atomic E-state index is 0.257. The van der Waals surface area contributed by atoms with Gasteiger partial charge in [0.2, 0.25) is 0 Å². The second-order valence-corrected chi connectivity index (χ2v) is 6.10. The van der Waals surface area contributed by atoms with E-state index in [-0.39, 0.29) is 11.8 Å². The van der Waals surface area contributed by atoms with Gasteiger partial charge >= 0.3 is 0 Å². The quantitative estimate of drug-likeness (QED) is 0.591. The Bertz CT molecular complexity index is 684. The molecule has 1 aromatic rings. The molecule has 96 valence electrons. The number of likely N-dealkylation sites (N-methyl/N-ethyl adjacent to an activating group) is 1. The number of nitrogens with zero attached hydrogens (tertiary/aromatic N) is 1. The Morgan fingerprint density at radius 1 is 1.37 bits per heavy atom. The Morgan fingerprint density at radius 2 is 2.11 bits per heavy atom. The van der Waals surface area contributed by atoms with Gasteiger partial charge in [0.1, 0.15) is 4.32 Å². The van der Waals surface area contributed by atoms with Crippen LogP contribution < -0.4 is 5.32 Å². The molecule has 0 atom stereocenters. The third-order valence-electron chi connectivity index (χ3n) is 2.94. The highest BCUT2D eigenvalue weighted by Crippen LogP contribution is 2.43. The zero-order chi connectivity index (χ0) is 13.7. The predicted molar refractivity (Wildman–Crippen MR) is 80.0 cm³/mol. The number of anilines is 1. The molecule has 1 saturated heterocycles. The molecule has 0 radical (unpaired) electrons. The van der Waals surface area contributed by atoms with Crippen molar-refractivity contribution >= 4 is 63.0 Å².